The third-order valence-electron chi connectivity index (χ3n) is 7.60. The zero-order valence-electron chi connectivity index (χ0n) is 30.7. The van der Waals surface area contributed by atoms with Gasteiger partial charge in [0.2, 0.25) is 5.91 Å². The standard InChI is InChI=1S/C39H54N2O11/c1-5-17-45-19-21-47-23-25-49-27-28-50-26-24-48-22-20-46-18-16-40-36(42)15-14-35(37(43)52-39(2,3)4)41-38(44)51-29-34-32-12-8-6-10-30(32)31-11-7-9-13-33(31)34/h1,6-13,34-35H,14-29H2,2-4H3,(H,40,42)(H,41,44)/t35-/m1/s1. The number of alkyl carbamates (subject to hydrolysis) is 1. The first kappa shape index (κ1) is 42.4. The van der Waals surface area contributed by atoms with E-state index >= 15 is 0 Å². The molecule has 1 aliphatic rings. The van der Waals surface area contributed by atoms with Crippen LogP contribution in [0.2, 0.25) is 0 Å². The van der Waals surface area contributed by atoms with Crippen LogP contribution in [0.3, 0.4) is 0 Å². The van der Waals surface area contributed by atoms with E-state index < -0.39 is 23.7 Å². The van der Waals surface area contributed by atoms with Gasteiger partial charge in [-0.3, -0.25) is 4.79 Å². The lowest BCUT2D eigenvalue weighted by molar-refractivity contribution is -0.157. The van der Waals surface area contributed by atoms with Gasteiger partial charge in [0.05, 0.1) is 72.7 Å². The van der Waals surface area contributed by atoms with Gasteiger partial charge in [-0.05, 0) is 49.4 Å². The number of carbonyl (C=O) groups is 3. The van der Waals surface area contributed by atoms with E-state index in [9.17, 15) is 14.4 Å². The van der Waals surface area contributed by atoms with Gasteiger partial charge in [-0.2, -0.15) is 0 Å². The third-order valence-corrected chi connectivity index (χ3v) is 7.60. The number of terminal acetylenes is 1. The van der Waals surface area contributed by atoms with Crippen molar-refractivity contribution in [3.63, 3.8) is 0 Å². The Bertz CT molecular complexity index is 1360. The van der Waals surface area contributed by atoms with Gasteiger partial charge in [0.1, 0.15) is 24.9 Å². The van der Waals surface area contributed by atoms with Gasteiger partial charge in [-0.25, -0.2) is 9.59 Å². The molecule has 52 heavy (non-hydrogen) atoms. The van der Waals surface area contributed by atoms with E-state index in [0.717, 1.165) is 22.3 Å². The molecule has 0 radical (unpaired) electrons. The second-order valence-electron chi connectivity index (χ2n) is 12.8. The third kappa shape index (κ3) is 16.5. The normalized spacial score (nSPS) is 12.7. The molecule has 1 aliphatic carbocycles. The Kier molecular flexibility index (Phi) is 19.8. The van der Waals surface area contributed by atoms with Crippen LogP contribution in [0.5, 0.6) is 0 Å². The molecule has 0 heterocycles. The van der Waals surface area contributed by atoms with Crippen molar-refractivity contribution in [1.82, 2.24) is 10.6 Å². The van der Waals surface area contributed by atoms with Gasteiger partial charge in [-0.15, -0.1) is 6.42 Å². The lowest BCUT2D eigenvalue weighted by Gasteiger charge is -2.24. The van der Waals surface area contributed by atoms with E-state index in [1.807, 2.05) is 36.4 Å². The SMILES string of the molecule is C#CCOCCOCCOCCOCCOCCOCCNC(=O)CC[C@@H](NC(=O)OCC1c2ccccc2-c2ccccc21)C(=O)OC(C)(C)C. The molecule has 0 bridgehead atoms. The summed E-state index contributed by atoms with van der Waals surface area (Å²) in [7, 11) is 0. The van der Waals surface area contributed by atoms with E-state index in [-0.39, 0.29) is 51.0 Å². The minimum atomic E-state index is -1.07. The highest BCUT2D eigenvalue weighted by Crippen LogP contribution is 2.44. The molecule has 2 aromatic rings. The molecule has 0 fully saturated rings. The van der Waals surface area contributed by atoms with Crippen molar-refractivity contribution in [2.75, 3.05) is 92.4 Å². The Morgan fingerprint density at radius 1 is 0.731 bits per heavy atom. The summed E-state index contributed by atoms with van der Waals surface area (Å²) in [5, 5.41) is 5.38. The fraction of sp³-hybridized carbons (Fsp3) is 0.564. The van der Waals surface area contributed by atoms with Gasteiger partial charge in [0.15, 0.2) is 0 Å². The number of rotatable bonds is 26. The van der Waals surface area contributed by atoms with E-state index in [1.165, 1.54) is 0 Å². The molecule has 13 nitrogen and oxygen atoms in total. The van der Waals surface area contributed by atoms with Gasteiger partial charge in [0.25, 0.3) is 0 Å². The molecule has 1 atom stereocenters. The number of benzene rings is 2. The van der Waals surface area contributed by atoms with Gasteiger partial charge in [0, 0.05) is 18.9 Å². The van der Waals surface area contributed by atoms with E-state index in [0.29, 0.717) is 66.1 Å². The fourth-order valence-electron chi connectivity index (χ4n) is 5.26. The monoisotopic (exact) mass is 726 g/mol. The molecule has 0 saturated carbocycles. The van der Waals surface area contributed by atoms with Crippen molar-refractivity contribution >= 4 is 18.0 Å². The van der Waals surface area contributed by atoms with Crippen LogP contribution in [0.25, 0.3) is 11.1 Å². The van der Waals surface area contributed by atoms with Crippen LogP contribution in [0.1, 0.15) is 50.7 Å². The predicted molar refractivity (Wildman–Crippen MR) is 194 cm³/mol. The largest absolute Gasteiger partial charge is 0.458 e. The molecule has 0 spiro atoms. The van der Waals surface area contributed by atoms with Crippen molar-refractivity contribution in [2.24, 2.45) is 0 Å². The molecule has 2 amide bonds. The predicted octanol–water partition coefficient (Wildman–Crippen LogP) is 3.86. The van der Waals surface area contributed by atoms with Crippen molar-refractivity contribution in [3.05, 3.63) is 59.7 Å². The smallest absolute Gasteiger partial charge is 0.407 e. The number of fused-ring (bicyclic) bond motifs is 3. The molecule has 13 heteroatoms. The molecule has 0 aromatic heterocycles. The first-order chi connectivity index (χ1) is 25.2. The Balaban J connectivity index is 1.24. The summed E-state index contributed by atoms with van der Waals surface area (Å²) in [4.78, 5) is 38.4. The maximum absolute atomic E-state index is 13.0. The van der Waals surface area contributed by atoms with Gasteiger partial charge in [-0.1, -0.05) is 54.5 Å². The Hall–Kier alpha value is -4.03. The first-order valence-corrected chi connectivity index (χ1v) is 17.7. The topological polar surface area (TPSA) is 149 Å². The summed E-state index contributed by atoms with van der Waals surface area (Å²) in [6, 6.07) is 15.0. The quantitative estimate of drug-likeness (QED) is 0.0827. The molecular weight excluding hydrogens is 672 g/mol. The van der Waals surface area contributed by atoms with Crippen LogP contribution in [0, 0.1) is 12.3 Å². The molecule has 2 aromatic carbocycles. The van der Waals surface area contributed by atoms with Crippen molar-refractivity contribution in [1.29, 1.82) is 0 Å². The number of hydrogen-bond acceptors (Lipinski definition) is 11. The van der Waals surface area contributed by atoms with Crippen molar-refractivity contribution < 1.29 is 52.3 Å². The summed E-state index contributed by atoms with van der Waals surface area (Å²) in [5.41, 5.74) is 3.60. The maximum atomic E-state index is 13.0. The average molecular weight is 727 g/mol. The summed E-state index contributed by atoms with van der Waals surface area (Å²) < 4.78 is 43.4. The van der Waals surface area contributed by atoms with Gasteiger partial charge < -0.3 is 48.5 Å². The van der Waals surface area contributed by atoms with E-state index in [1.54, 1.807) is 20.8 Å². The summed E-state index contributed by atoms with van der Waals surface area (Å²) in [6.45, 7) is 10.6. The highest BCUT2D eigenvalue weighted by Gasteiger charge is 2.31. The lowest BCUT2D eigenvalue weighted by atomic mass is 9.98. The van der Waals surface area contributed by atoms with Gasteiger partial charge >= 0.3 is 12.1 Å². The number of nitrogens with one attached hydrogen (secondary N) is 2. The molecular formula is C39H54N2O11. The average Bonchev–Trinajstić information content (AvgIpc) is 3.44. The molecule has 2 N–H and O–H groups in total. The van der Waals surface area contributed by atoms with Crippen molar-refractivity contribution in [3.8, 4) is 23.5 Å². The summed E-state index contributed by atoms with van der Waals surface area (Å²) >= 11 is 0. The zero-order valence-corrected chi connectivity index (χ0v) is 30.7. The second kappa shape index (κ2) is 24.3. The van der Waals surface area contributed by atoms with Crippen LogP contribution in [0.4, 0.5) is 4.79 Å². The number of ether oxygens (including phenoxy) is 8. The van der Waals surface area contributed by atoms with Crippen LogP contribution < -0.4 is 10.6 Å². The fourth-order valence-corrected chi connectivity index (χ4v) is 5.26. The minimum absolute atomic E-state index is 0.0152. The van der Waals surface area contributed by atoms with Crippen molar-refractivity contribution in [2.45, 2.75) is 51.2 Å². The zero-order chi connectivity index (χ0) is 37.4. The molecule has 0 saturated heterocycles. The molecule has 3 rings (SSSR count). The van der Waals surface area contributed by atoms with Crippen LogP contribution in [0.15, 0.2) is 48.5 Å². The summed E-state index contributed by atoms with van der Waals surface area (Å²) in [5.74, 6) is 1.33. The maximum Gasteiger partial charge on any atom is 0.407 e. The van der Waals surface area contributed by atoms with Crippen LogP contribution in [-0.2, 0) is 47.5 Å². The number of esters is 1. The first-order valence-electron chi connectivity index (χ1n) is 17.7. The Morgan fingerprint density at radius 2 is 1.21 bits per heavy atom. The van der Waals surface area contributed by atoms with E-state index in [2.05, 4.69) is 28.7 Å². The summed E-state index contributed by atoms with van der Waals surface area (Å²) in [6.07, 6.45) is 4.35. The molecule has 0 aliphatic heterocycles. The highest BCUT2D eigenvalue weighted by atomic mass is 16.6. The number of carbonyl (C=O) groups excluding carboxylic acids is 3. The lowest BCUT2D eigenvalue weighted by Crippen LogP contribution is -2.45. The van der Waals surface area contributed by atoms with Crippen LogP contribution in [-0.4, -0.2) is 122 Å². The number of amides is 2. The molecule has 286 valence electrons. The van der Waals surface area contributed by atoms with Crippen LogP contribution >= 0.6 is 0 Å². The molecule has 0 unspecified atom stereocenters. The highest BCUT2D eigenvalue weighted by molar-refractivity contribution is 5.83. The second-order valence-corrected chi connectivity index (χ2v) is 12.8. The van der Waals surface area contributed by atoms with E-state index in [4.69, 9.17) is 44.3 Å². The Morgan fingerprint density at radius 3 is 1.71 bits per heavy atom. The Labute approximate surface area is 307 Å². The minimum Gasteiger partial charge on any atom is -0.458 e. The number of hydrogen-bond donors (Lipinski definition) is 2.